The van der Waals surface area contributed by atoms with Crippen LogP contribution < -0.4 is 5.32 Å². The van der Waals surface area contributed by atoms with Gasteiger partial charge in [-0.3, -0.25) is 4.79 Å². The van der Waals surface area contributed by atoms with Gasteiger partial charge in [0, 0.05) is 23.2 Å². The van der Waals surface area contributed by atoms with E-state index in [0.29, 0.717) is 11.1 Å². The van der Waals surface area contributed by atoms with Gasteiger partial charge in [-0.25, -0.2) is 17.5 Å². The van der Waals surface area contributed by atoms with E-state index in [4.69, 9.17) is 11.6 Å². The van der Waals surface area contributed by atoms with Crippen LogP contribution in [0.1, 0.15) is 61.4 Å². The minimum Gasteiger partial charge on any atom is -0.336 e. The first-order chi connectivity index (χ1) is 15.8. The smallest absolute Gasteiger partial charge is 0.336 e. The molecule has 4 rings (SSSR count). The van der Waals surface area contributed by atoms with Crippen molar-refractivity contribution in [1.82, 2.24) is 9.21 Å². The molecule has 2 aromatic rings. The molecule has 176 valence electrons. The molecule has 1 aliphatic carbocycles. The Kier molecular flexibility index (Phi) is 6.95. The summed E-state index contributed by atoms with van der Waals surface area (Å²) < 4.78 is 26.8. The third kappa shape index (κ3) is 4.87. The first-order valence-electron chi connectivity index (χ1n) is 11.3. The molecule has 3 amide bonds. The van der Waals surface area contributed by atoms with Crippen molar-refractivity contribution < 1.29 is 18.0 Å². The highest BCUT2D eigenvalue weighted by Crippen LogP contribution is 2.33. The molecular formula is C24H28ClN3O4S. The highest BCUT2D eigenvalue weighted by atomic mass is 35.5. The molecule has 2 aliphatic rings. The van der Waals surface area contributed by atoms with E-state index in [9.17, 15) is 18.0 Å². The summed E-state index contributed by atoms with van der Waals surface area (Å²) in [6.07, 6.45) is 6.50. The molecule has 0 bridgehead atoms. The number of benzene rings is 2. The van der Waals surface area contributed by atoms with Gasteiger partial charge in [0.25, 0.3) is 15.9 Å². The second kappa shape index (κ2) is 9.73. The summed E-state index contributed by atoms with van der Waals surface area (Å²) in [6, 6.07) is 10.7. The van der Waals surface area contributed by atoms with Gasteiger partial charge in [-0.1, -0.05) is 49.9 Å². The summed E-state index contributed by atoms with van der Waals surface area (Å²) in [7, 11) is -4.05. The van der Waals surface area contributed by atoms with E-state index in [1.165, 1.54) is 24.6 Å². The number of anilines is 1. The summed E-state index contributed by atoms with van der Waals surface area (Å²) in [5, 5.41) is 2.87. The molecule has 0 saturated heterocycles. The maximum absolute atomic E-state index is 13.2. The number of carbonyl (C=O) groups is 2. The zero-order chi connectivity index (χ0) is 23.6. The van der Waals surface area contributed by atoms with Crippen molar-refractivity contribution in [2.45, 2.75) is 62.9 Å². The van der Waals surface area contributed by atoms with E-state index in [0.717, 1.165) is 43.0 Å². The zero-order valence-electron chi connectivity index (χ0n) is 18.6. The van der Waals surface area contributed by atoms with Crippen LogP contribution in [0.4, 0.5) is 10.5 Å². The Balaban J connectivity index is 1.52. The summed E-state index contributed by atoms with van der Waals surface area (Å²) >= 11 is 5.97. The molecule has 1 aliphatic heterocycles. The Morgan fingerprint density at radius 2 is 1.82 bits per heavy atom. The number of halogens is 1. The van der Waals surface area contributed by atoms with Crippen LogP contribution in [0.5, 0.6) is 0 Å². The number of nitrogens with zero attached hydrogens (tertiary/aromatic N) is 2. The SMILES string of the molecule is CCCN(C(=O)c1ccc(CN2C(=O)Nc3ccc(Cl)cc3S2(=O)=O)cc1)C1CCCCC1. The number of hydrogen-bond acceptors (Lipinski definition) is 4. The zero-order valence-corrected chi connectivity index (χ0v) is 20.2. The maximum Gasteiger partial charge on any atom is 0.336 e. The van der Waals surface area contributed by atoms with Crippen LogP contribution in [-0.2, 0) is 16.6 Å². The predicted molar refractivity (Wildman–Crippen MR) is 128 cm³/mol. The van der Waals surface area contributed by atoms with Crippen molar-refractivity contribution in [3.05, 3.63) is 58.6 Å². The van der Waals surface area contributed by atoms with E-state index in [1.807, 2.05) is 4.90 Å². The lowest BCUT2D eigenvalue weighted by Gasteiger charge is -2.34. The lowest BCUT2D eigenvalue weighted by atomic mass is 9.93. The fourth-order valence-corrected chi connectivity index (χ4v) is 6.27. The molecule has 1 heterocycles. The highest BCUT2D eigenvalue weighted by molar-refractivity contribution is 7.90. The van der Waals surface area contributed by atoms with Gasteiger partial charge in [0.2, 0.25) is 0 Å². The van der Waals surface area contributed by atoms with Crippen molar-refractivity contribution >= 4 is 39.2 Å². The third-order valence-electron chi connectivity index (χ3n) is 6.25. The fourth-order valence-electron chi connectivity index (χ4n) is 4.54. The summed E-state index contributed by atoms with van der Waals surface area (Å²) in [6.45, 7) is 2.65. The Labute approximate surface area is 199 Å². The van der Waals surface area contributed by atoms with Gasteiger partial charge in [0.05, 0.1) is 12.2 Å². The molecule has 1 fully saturated rings. The van der Waals surface area contributed by atoms with Crippen LogP contribution in [0, 0.1) is 0 Å². The van der Waals surface area contributed by atoms with E-state index >= 15 is 0 Å². The molecule has 2 aromatic carbocycles. The monoisotopic (exact) mass is 489 g/mol. The van der Waals surface area contributed by atoms with Gasteiger partial charge in [-0.05, 0) is 55.2 Å². The Morgan fingerprint density at radius 3 is 2.48 bits per heavy atom. The second-order valence-electron chi connectivity index (χ2n) is 8.57. The topological polar surface area (TPSA) is 86.8 Å². The van der Waals surface area contributed by atoms with Gasteiger partial charge in [-0.2, -0.15) is 0 Å². The maximum atomic E-state index is 13.2. The van der Waals surface area contributed by atoms with E-state index in [2.05, 4.69) is 12.2 Å². The molecule has 1 saturated carbocycles. The highest BCUT2D eigenvalue weighted by Gasteiger charge is 2.37. The van der Waals surface area contributed by atoms with Crippen LogP contribution >= 0.6 is 11.6 Å². The number of urea groups is 1. The average molecular weight is 490 g/mol. The average Bonchev–Trinajstić information content (AvgIpc) is 2.81. The van der Waals surface area contributed by atoms with Crippen LogP contribution in [-0.4, -0.2) is 42.1 Å². The number of fused-ring (bicyclic) bond motifs is 1. The first kappa shape index (κ1) is 23.6. The lowest BCUT2D eigenvalue weighted by Crippen LogP contribution is -2.43. The minimum absolute atomic E-state index is 0.00204. The Hall–Kier alpha value is -2.58. The molecule has 0 atom stereocenters. The van der Waals surface area contributed by atoms with Crippen LogP contribution in [0.2, 0.25) is 5.02 Å². The Bertz CT molecular complexity index is 1140. The van der Waals surface area contributed by atoms with E-state index in [1.54, 1.807) is 24.3 Å². The molecule has 0 radical (unpaired) electrons. The largest absolute Gasteiger partial charge is 0.336 e. The number of nitrogens with one attached hydrogen (secondary N) is 1. The molecule has 0 spiro atoms. The van der Waals surface area contributed by atoms with E-state index < -0.39 is 16.1 Å². The van der Waals surface area contributed by atoms with Crippen LogP contribution in [0.25, 0.3) is 0 Å². The normalized spacial score (nSPS) is 17.9. The second-order valence-corrected chi connectivity index (χ2v) is 10.8. The quantitative estimate of drug-likeness (QED) is 0.599. The summed E-state index contributed by atoms with van der Waals surface area (Å²) in [5.41, 5.74) is 1.39. The van der Waals surface area contributed by atoms with Gasteiger partial charge in [0.15, 0.2) is 0 Å². The van der Waals surface area contributed by atoms with Crippen molar-refractivity contribution in [2.75, 3.05) is 11.9 Å². The molecule has 9 heteroatoms. The number of amides is 3. The molecule has 7 nitrogen and oxygen atoms in total. The van der Waals surface area contributed by atoms with Crippen molar-refractivity contribution in [3.63, 3.8) is 0 Å². The Morgan fingerprint density at radius 1 is 1.12 bits per heavy atom. The predicted octanol–water partition coefficient (Wildman–Crippen LogP) is 5.26. The molecule has 33 heavy (non-hydrogen) atoms. The van der Waals surface area contributed by atoms with Crippen LogP contribution in [0.15, 0.2) is 47.4 Å². The fraction of sp³-hybridized carbons (Fsp3) is 0.417. The third-order valence-corrected chi connectivity index (χ3v) is 8.25. The van der Waals surface area contributed by atoms with Gasteiger partial charge in [0.1, 0.15) is 4.90 Å². The van der Waals surface area contributed by atoms with E-state index in [-0.39, 0.29) is 34.1 Å². The van der Waals surface area contributed by atoms with Gasteiger partial charge < -0.3 is 10.2 Å². The molecule has 0 aromatic heterocycles. The lowest BCUT2D eigenvalue weighted by molar-refractivity contribution is 0.0634. The van der Waals surface area contributed by atoms with Crippen molar-refractivity contribution in [1.29, 1.82) is 0 Å². The van der Waals surface area contributed by atoms with Crippen molar-refractivity contribution in [2.24, 2.45) is 0 Å². The molecule has 0 unspecified atom stereocenters. The standard InChI is InChI=1S/C24H28ClN3O4S/c1-2-14-27(20-6-4-3-5-7-20)23(29)18-10-8-17(9-11-18)16-28-24(30)26-21-13-12-19(25)15-22(21)33(28,31)32/h8-13,15,20H,2-7,14,16H2,1H3,(H,26,30). The number of carbonyl (C=O) groups excluding carboxylic acids is 2. The molecular weight excluding hydrogens is 462 g/mol. The molecule has 1 N–H and O–H groups in total. The van der Waals surface area contributed by atoms with Gasteiger partial charge >= 0.3 is 6.03 Å². The van der Waals surface area contributed by atoms with Gasteiger partial charge in [-0.15, -0.1) is 0 Å². The number of hydrogen-bond donors (Lipinski definition) is 1. The minimum atomic E-state index is -4.05. The summed E-state index contributed by atoms with van der Waals surface area (Å²) in [4.78, 5) is 27.7. The first-order valence-corrected chi connectivity index (χ1v) is 13.2. The van der Waals surface area contributed by atoms with Crippen LogP contribution in [0.3, 0.4) is 0 Å². The van der Waals surface area contributed by atoms with Crippen molar-refractivity contribution in [3.8, 4) is 0 Å². The summed E-state index contributed by atoms with van der Waals surface area (Å²) in [5.74, 6) is 0.00204. The number of rotatable bonds is 6. The number of sulfonamides is 1.